The fourth-order valence-corrected chi connectivity index (χ4v) is 4.16. The van der Waals surface area contributed by atoms with Crippen molar-refractivity contribution < 1.29 is 0 Å². The Hall–Kier alpha value is -4.46. The number of aromatic nitrogens is 5. The normalized spacial score (nSPS) is 11.2. The second-order valence-corrected chi connectivity index (χ2v) is 8.32. The highest BCUT2D eigenvalue weighted by Crippen LogP contribution is 2.23. The molecule has 2 aliphatic rings. The van der Waals surface area contributed by atoms with Crippen molar-refractivity contribution in [3.8, 4) is 17.1 Å². The highest BCUT2D eigenvalue weighted by molar-refractivity contribution is 5.60. The first kappa shape index (κ1) is 21.4. The van der Waals surface area contributed by atoms with E-state index in [4.69, 9.17) is 0 Å². The Bertz CT molecular complexity index is 1630. The molecule has 1 N–H and O–H groups in total. The van der Waals surface area contributed by atoms with Gasteiger partial charge in [0.25, 0.3) is 11.1 Å². The fourth-order valence-electron chi connectivity index (χ4n) is 4.16. The van der Waals surface area contributed by atoms with E-state index in [1.54, 1.807) is 17.8 Å². The second kappa shape index (κ2) is 8.47. The Morgan fingerprint density at radius 3 is 2.21 bits per heavy atom. The molecule has 0 spiro atoms. The molecule has 0 unspecified atom stereocenters. The quantitative estimate of drug-likeness (QED) is 0.442. The Labute approximate surface area is 194 Å². The number of nitrogens with one attached hydrogen (secondary N) is 1. The molecule has 0 bridgehead atoms. The molecule has 0 amide bonds. The van der Waals surface area contributed by atoms with Crippen molar-refractivity contribution in [2.24, 2.45) is 14.1 Å². The lowest BCUT2D eigenvalue weighted by Crippen LogP contribution is -2.38. The van der Waals surface area contributed by atoms with Crippen molar-refractivity contribution in [3.63, 3.8) is 0 Å². The molecule has 0 fully saturated rings. The third kappa shape index (κ3) is 3.79. The van der Waals surface area contributed by atoms with Crippen molar-refractivity contribution in [3.05, 3.63) is 127 Å². The third-order valence-electron chi connectivity index (χ3n) is 5.93. The Balaban J connectivity index is 1.67. The number of aryl methyl sites for hydroxylation is 1. The predicted octanol–water partition coefficient (Wildman–Crippen LogP) is 2.24. The molecule has 34 heavy (non-hydrogen) atoms. The maximum atomic E-state index is 13.4. The van der Waals surface area contributed by atoms with Crippen LogP contribution in [0.2, 0.25) is 0 Å². The van der Waals surface area contributed by atoms with Crippen LogP contribution in [0.3, 0.4) is 0 Å². The number of rotatable bonds is 5. The van der Waals surface area contributed by atoms with Gasteiger partial charge in [0.2, 0.25) is 0 Å². The van der Waals surface area contributed by atoms with Crippen LogP contribution in [0, 0.1) is 0 Å². The van der Waals surface area contributed by atoms with E-state index in [0.717, 1.165) is 27.1 Å². The molecule has 170 valence electrons. The van der Waals surface area contributed by atoms with E-state index in [-0.39, 0.29) is 17.7 Å². The number of benzene rings is 2. The molecule has 0 saturated heterocycles. The van der Waals surface area contributed by atoms with Gasteiger partial charge in [0.15, 0.2) is 5.82 Å². The summed E-state index contributed by atoms with van der Waals surface area (Å²) in [7, 11) is 3.00. The zero-order valence-corrected chi connectivity index (χ0v) is 18.9. The van der Waals surface area contributed by atoms with Crippen LogP contribution in [0.15, 0.2) is 87.4 Å². The van der Waals surface area contributed by atoms with E-state index < -0.39 is 11.2 Å². The van der Waals surface area contributed by atoms with Crippen LogP contribution in [0.1, 0.15) is 22.5 Å². The number of H-pyrrole nitrogens is 1. The van der Waals surface area contributed by atoms with E-state index in [0.29, 0.717) is 17.8 Å². The average Bonchev–Trinajstić information content (AvgIpc) is 3.18. The average molecular weight is 454 g/mol. The topological polar surface area (TPSA) is 94.7 Å². The highest BCUT2D eigenvalue weighted by atomic mass is 16.2. The minimum atomic E-state index is -0.430. The molecular formula is C26H23N5O3. The van der Waals surface area contributed by atoms with Crippen LogP contribution < -0.4 is 16.8 Å². The SMILES string of the molecule is Cn1cc(Cc2nc3c(Cc4ccccc4)[nH]c(-c4ccccc4)cn-3c2=O)c(=O)n(C)c1=O. The van der Waals surface area contributed by atoms with Gasteiger partial charge in [-0.25, -0.2) is 9.78 Å². The molecule has 3 heterocycles. The van der Waals surface area contributed by atoms with Crippen LogP contribution in [-0.4, -0.2) is 23.7 Å². The number of nitrogens with zero attached hydrogens (tertiary/aromatic N) is 4. The smallest absolute Gasteiger partial charge is 0.330 e. The molecule has 0 saturated carbocycles. The monoisotopic (exact) mass is 453 g/mol. The largest absolute Gasteiger partial charge is 0.354 e. The van der Waals surface area contributed by atoms with E-state index >= 15 is 0 Å². The molecule has 8 nitrogen and oxygen atoms in total. The summed E-state index contributed by atoms with van der Waals surface area (Å²) in [4.78, 5) is 46.1. The van der Waals surface area contributed by atoms with Crippen LogP contribution >= 0.6 is 0 Å². The van der Waals surface area contributed by atoms with Gasteiger partial charge in [-0.05, 0) is 11.1 Å². The van der Waals surface area contributed by atoms with Gasteiger partial charge in [0.1, 0.15) is 5.69 Å². The van der Waals surface area contributed by atoms with Gasteiger partial charge in [-0.3, -0.25) is 18.7 Å². The maximum Gasteiger partial charge on any atom is 0.330 e. The summed E-state index contributed by atoms with van der Waals surface area (Å²) >= 11 is 0. The first-order valence-electron chi connectivity index (χ1n) is 10.9. The lowest BCUT2D eigenvalue weighted by atomic mass is 10.1. The molecule has 0 radical (unpaired) electrons. The van der Waals surface area contributed by atoms with Crippen molar-refractivity contribution >= 4 is 0 Å². The summed E-state index contributed by atoms with van der Waals surface area (Å²) in [5.41, 5.74) is 3.06. The number of fused-ring (bicyclic) bond motifs is 1. The lowest BCUT2D eigenvalue weighted by molar-refractivity contribution is 0.671. The van der Waals surface area contributed by atoms with E-state index in [1.165, 1.54) is 17.8 Å². The van der Waals surface area contributed by atoms with Crippen LogP contribution in [0.4, 0.5) is 0 Å². The van der Waals surface area contributed by atoms with Crippen LogP contribution in [0.5, 0.6) is 0 Å². The maximum absolute atomic E-state index is 13.4. The third-order valence-corrected chi connectivity index (χ3v) is 5.93. The van der Waals surface area contributed by atoms with Gasteiger partial charge in [0, 0.05) is 44.9 Å². The summed E-state index contributed by atoms with van der Waals surface area (Å²) in [6.45, 7) is 0. The Morgan fingerprint density at radius 1 is 0.824 bits per heavy atom. The molecule has 3 aromatic rings. The number of aromatic amines is 1. The summed E-state index contributed by atoms with van der Waals surface area (Å²) in [6, 6.07) is 19.7. The Morgan fingerprint density at radius 2 is 1.50 bits per heavy atom. The molecule has 0 aliphatic carbocycles. The van der Waals surface area contributed by atoms with Gasteiger partial charge >= 0.3 is 5.69 Å². The van der Waals surface area contributed by atoms with Gasteiger partial charge in [-0.2, -0.15) is 0 Å². The first-order valence-corrected chi connectivity index (χ1v) is 10.9. The molecule has 2 aliphatic heterocycles. The molecule has 2 aromatic carbocycles. The molecule has 0 atom stereocenters. The van der Waals surface area contributed by atoms with E-state index in [1.807, 2.05) is 60.7 Å². The number of hydrogen-bond acceptors (Lipinski definition) is 4. The molecule has 5 rings (SSSR count). The molecule has 1 aromatic heterocycles. The summed E-state index contributed by atoms with van der Waals surface area (Å²) in [5.74, 6) is 0.519. The number of hydrogen-bond donors (Lipinski definition) is 1. The van der Waals surface area contributed by atoms with Crippen molar-refractivity contribution in [1.29, 1.82) is 0 Å². The second-order valence-electron chi connectivity index (χ2n) is 8.32. The van der Waals surface area contributed by atoms with Crippen LogP contribution in [-0.2, 0) is 26.9 Å². The highest BCUT2D eigenvalue weighted by Gasteiger charge is 2.21. The van der Waals surface area contributed by atoms with E-state index in [9.17, 15) is 14.4 Å². The van der Waals surface area contributed by atoms with Crippen LogP contribution in [0.25, 0.3) is 17.1 Å². The van der Waals surface area contributed by atoms with E-state index in [2.05, 4.69) is 9.97 Å². The van der Waals surface area contributed by atoms with Gasteiger partial charge in [-0.15, -0.1) is 0 Å². The van der Waals surface area contributed by atoms with Gasteiger partial charge in [0.05, 0.1) is 11.4 Å². The van der Waals surface area contributed by atoms with Crippen molar-refractivity contribution in [2.45, 2.75) is 12.8 Å². The fraction of sp³-hybridized carbons (Fsp3) is 0.154. The molecule has 8 heteroatoms. The Kier molecular flexibility index (Phi) is 5.33. The first-order chi connectivity index (χ1) is 16.4. The summed E-state index contributed by atoms with van der Waals surface area (Å²) in [5, 5.41) is 0. The summed E-state index contributed by atoms with van der Waals surface area (Å²) < 4.78 is 3.91. The van der Waals surface area contributed by atoms with Crippen molar-refractivity contribution in [1.82, 2.24) is 23.7 Å². The molecular weight excluding hydrogens is 430 g/mol. The van der Waals surface area contributed by atoms with Crippen molar-refractivity contribution in [2.75, 3.05) is 0 Å². The minimum absolute atomic E-state index is 0.0345. The standard InChI is InChI=1S/C26H23N5O3/c1-29-15-19(24(32)30(2)26(29)34)14-21-25(33)31-16-22(18-11-7-4-8-12-18)27-20(23(31)28-21)13-17-9-5-3-6-10-17/h3-12,15-16,27H,13-14H2,1-2H3. The predicted molar refractivity (Wildman–Crippen MR) is 130 cm³/mol. The number of imidazole rings is 1. The summed E-state index contributed by atoms with van der Waals surface area (Å²) in [6.07, 6.45) is 3.81. The lowest BCUT2D eigenvalue weighted by Gasteiger charge is -2.13. The zero-order valence-electron chi connectivity index (χ0n) is 18.9. The van der Waals surface area contributed by atoms with Gasteiger partial charge in [-0.1, -0.05) is 60.7 Å². The van der Waals surface area contributed by atoms with Gasteiger partial charge < -0.3 is 9.55 Å². The minimum Gasteiger partial charge on any atom is -0.354 e. The zero-order chi connectivity index (χ0) is 23.8.